The molecule has 3 amide bonds. The summed E-state index contributed by atoms with van der Waals surface area (Å²) in [5.74, 6) is 0.433. The molecule has 3 aliphatic rings. The number of benzene rings is 1. The van der Waals surface area contributed by atoms with Gasteiger partial charge in [-0.3, -0.25) is 14.4 Å². The molecule has 2 fully saturated rings. The standard InChI is InChI=1S/C23H27N5O3/c1-14-2-5-19-17(12-14)18(23(31)25-19)13-21(29)27-10-7-16(8-11-27)28-20(6-9-24-28)26-22(30)15-3-4-15/h2,5-6,9,12,15-16,18H,3-4,7-8,10-11,13H2,1H3,(H,25,31)(H,26,30)/t18-/m0/s1. The van der Waals surface area contributed by atoms with Crippen molar-refractivity contribution >= 4 is 29.2 Å². The van der Waals surface area contributed by atoms with E-state index in [1.807, 2.05) is 40.8 Å². The van der Waals surface area contributed by atoms with Crippen molar-refractivity contribution < 1.29 is 14.4 Å². The second-order valence-electron chi connectivity index (χ2n) is 8.87. The highest BCUT2D eigenvalue weighted by molar-refractivity contribution is 6.05. The number of aromatic nitrogens is 2. The summed E-state index contributed by atoms with van der Waals surface area (Å²) in [6.07, 6.45) is 5.36. The first-order valence-electron chi connectivity index (χ1n) is 11.0. The zero-order chi connectivity index (χ0) is 21.5. The molecule has 2 N–H and O–H groups in total. The van der Waals surface area contributed by atoms with Crippen LogP contribution in [-0.2, 0) is 14.4 Å². The van der Waals surface area contributed by atoms with Gasteiger partial charge in [-0.05, 0) is 44.2 Å². The zero-order valence-corrected chi connectivity index (χ0v) is 17.6. The summed E-state index contributed by atoms with van der Waals surface area (Å²) in [5, 5.41) is 10.3. The van der Waals surface area contributed by atoms with E-state index < -0.39 is 5.92 Å². The summed E-state index contributed by atoms with van der Waals surface area (Å²) in [4.78, 5) is 39.3. The van der Waals surface area contributed by atoms with Gasteiger partial charge < -0.3 is 15.5 Å². The molecule has 1 saturated carbocycles. The number of anilines is 2. The first kappa shape index (κ1) is 19.8. The molecule has 1 saturated heterocycles. The number of rotatable bonds is 5. The Labute approximate surface area is 181 Å². The molecule has 1 aromatic carbocycles. The summed E-state index contributed by atoms with van der Waals surface area (Å²) in [7, 11) is 0. The minimum absolute atomic E-state index is 0.00989. The molecule has 0 radical (unpaired) electrons. The summed E-state index contributed by atoms with van der Waals surface area (Å²) >= 11 is 0. The molecule has 0 unspecified atom stereocenters. The Balaban J connectivity index is 1.19. The lowest BCUT2D eigenvalue weighted by atomic mass is 9.94. The fourth-order valence-electron chi connectivity index (χ4n) is 4.59. The highest BCUT2D eigenvalue weighted by Gasteiger charge is 2.35. The van der Waals surface area contributed by atoms with Gasteiger partial charge in [0.15, 0.2) is 0 Å². The van der Waals surface area contributed by atoms with Crippen LogP contribution >= 0.6 is 0 Å². The Kier molecular flexibility index (Phi) is 5.00. The van der Waals surface area contributed by atoms with Crippen molar-refractivity contribution in [3.63, 3.8) is 0 Å². The van der Waals surface area contributed by atoms with Crippen LogP contribution in [0.4, 0.5) is 11.5 Å². The number of nitrogens with zero attached hydrogens (tertiary/aromatic N) is 3. The number of piperidine rings is 1. The van der Waals surface area contributed by atoms with Gasteiger partial charge in [-0.2, -0.15) is 5.10 Å². The van der Waals surface area contributed by atoms with Gasteiger partial charge in [0.2, 0.25) is 17.7 Å². The highest BCUT2D eigenvalue weighted by Crippen LogP contribution is 2.36. The SMILES string of the molecule is Cc1ccc2c(c1)[C@H](CC(=O)N1CCC(n3nccc3NC(=O)C3CC3)CC1)C(=O)N2. The molecule has 8 heteroatoms. The van der Waals surface area contributed by atoms with Crippen LogP contribution in [0.15, 0.2) is 30.5 Å². The van der Waals surface area contributed by atoms with Gasteiger partial charge in [0, 0.05) is 37.2 Å². The fourth-order valence-corrected chi connectivity index (χ4v) is 4.59. The van der Waals surface area contributed by atoms with E-state index in [2.05, 4.69) is 15.7 Å². The van der Waals surface area contributed by atoms with Gasteiger partial charge in [-0.15, -0.1) is 0 Å². The number of carbonyl (C=O) groups excluding carboxylic acids is 3. The van der Waals surface area contributed by atoms with Gasteiger partial charge in [0.05, 0.1) is 18.2 Å². The maximum atomic E-state index is 12.9. The van der Waals surface area contributed by atoms with E-state index in [1.165, 1.54) is 0 Å². The Morgan fingerprint density at radius 3 is 2.68 bits per heavy atom. The average molecular weight is 422 g/mol. The topological polar surface area (TPSA) is 96.3 Å². The van der Waals surface area contributed by atoms with Crippen molar-refractivity contribution in [1.29, 1.82) is 0 Å². The van der Waals surface area contributed by atoms with Crippen LogP contribution in [-0.4, -0.2) is 45.5 Å². The van der Waals surface area contributed by atoms with Crippen LogP contribution < -0.4 is 10.6 Å². The van der Waals surface area contributed by atoms with E-state index in [1.54, 1.807) is 6.20 Å². The van der Waals surface area contributed by atoms with Gasteiger partial charge in [0.25, 0.3) is 0 Å². The van der Waals surface area contributed by atoms with Crippen molar-refractivity contribution in [3.8, 4) is 0 Å². The Bertz CT molecular complexity index is 1030. The molecule has 162 valence electrons. The van der Waals surface area contributed by atoms with E-state index in [0.29, 0.717) is 13.1 Å². The van der Waals surface area contributed by atoms with E-state index in [9.17, 15) is 14.4 Å². The number of likely N-dealkylation sites (tertiary alicyclic amines) is 1. The number of amides is 3. The van der Waals surface area contributed by atoms with E-state index in [4.69, 9.17) is 0 Å². The van der Waals surface area contributed by atoms with Crippen LogP contribution in [0.25, 0.3) is 0 Å². The number of fused-ring (bicyclic) bond motifs is 1. The summed E-state index contributed by atoms with van der Waals surface area (Å²) in [6.45, 7) is 3.23. The molecule has 1 atom stereocenters. The normalized spacial score (nSPS) is 21.0. The van der Waals surface area contributed by atoms with Crippen molar-refractivity contribution in [3.05, 3.63) is 41.6 Å². The lowest BCUT2D eigenvalue weighted by Crippen LogP contribution is -2.40. The first-order chi connectivity index (χ1) is 15.0. The third kappa shape index (κ3) is 3.94. The van der Waals surface area contributed by atoms with Crippen molar-refractivity contribution in [1.82, 2.24) is 14.7 Å². The molecule has 2 aromatic rings. The molecule has 1 aromatic heterocycles. The number of carbonyl (C=O) groups is 3. The van der Waals surface area contributed by atoms with E-state index in [0.717, 1.165) is 48.3 Å². The maximum absolute atomic E-state index is 12.9. The van der Waals surface area contributed by atoms with Crippen LogP contribution in [0.1, 0.15) is 55.2 Å². The molecule has 1 aliphatic carbocycles. The molecule has 0 bridgehead atoms. The van der Waals surface area contributed by atoms with Crippen molar-refractivity contribution in [2.24, 2.45) is 5.92 Å². The van der Waals surface area contributed by atoms with Crippen LogP contribution in [0.5, 0.6) is 0 Å². The van der Waals surface area contributed by atoms with Crippen LogP contribution in [0.2, 0.25) is 0 Å². The summed E-state index contributed by atoms with van der Waals surface area (Å²) in [6, 6.07) is 7.84. The Morgan fingerprint density at radius 2 is 1.94 bits per heavy atom. The number of aryl methyl sites for hydroxylation is 1. The average Bonchev–Trinajstić information content (AvgIpc) is 3.45. The lowest BCUT2D eigenvalue weighted by molar-refractivity contribution is -0.134. The monoisotopic (exact) mass is 421 g/mol. The number of nitrogens with one attached hydrogen (secondary N) is 2. The molecular weight excluding hydrogens is 394 g/mol. The highest BCUT2D eigenvalue weighted by atomic mass is 16.2. The summed E-state index contributed by atoms with van der Waals surface area (Å²) in [5.41, 5.74) is 2.81. The first-order valence-corrected chi connectivity index (χ1v) is 11.0. The fraction of sp³-hybridized carbons (Fsp3) is 0.478. The Morgan fingerprint density at radius 1 is 1.16 bits per heavy atom. The largest absolute Gasteiger partial charge is 0.343 e. The Hall–Kier alpha value is -3.16. The van der Waals surface area contributed by atoms with Crippen molar-refractivity contribution in [2.45, 2.75) is 51.0 Å². The number of hydrogen-bond acceptors (Lipinski definition) is 4. The number of hydrogen-bond donors (Lipinski definition) is 2. The quantitative estimate of drug-likeness (QED) is 0.776. The lowest BCUT2D eigenvalue weighted by Gasteiger charge is -2.33. The minimum atomic E-state index is -0.421. The van der Waals surface area contributed by atoms with Gasteiger partial charge in [-0.25, -0.2) is 4.68 Å². The second kappa shape index (κ2) is 7.83. The third-order valence-electron chi connectivity index (χ3n) is 6.57. The van der Waals surface area contributed by atoms with E-state index in [-0.39, 0.29) is 36.1 Å². The molecule has 31 heavy (non-hydrogen) atoms. The van der Waals surface area contributed by atoms with Crippen LogP contribution in [0.3, 0.4) is 0 Å². The van der Waals surface area contributed by atoms with Gasteiger partial charge in [0.1, 0.15) is 5.82 Å². The minimum Gasteiger partial charge on any atom is -0.343 e. The molecule has 3 heterocycles. The van der Waals surface area contributed by atoms with Crippen LogP contribution in [0, 0.1) is 12.8 Å². The molecular formula is C23H27N5O3. The molecule has 8 nitrogen and oxygen atoms in total. The second-order valence-corrected chi connectivity index (χ2v) is 8.87. The third-order valence-corrected chi connectivity index (χ3v) is 6.57. The summed E-state index contributed by atoms with van der Waals surface area (Å²) < 4.78 is 1.88. The van der Waals surface area contributed by atoms with Gasteiger partial charge in [-0.1, -0.05) is 17.7 Å². The molecule has 0 spiro atoms. The smallest absolute Gasteiger partial charge is 0.232 e. The predicted octanol–water partition coefficient (Wildman–Crippen LogP) is 2.83. The maximum Gasteiger partial charge on any atom is 0.232 e. The molecule has 2 aliphatic heterocycles. The molecule has 5 rings (SSSR count). The zero-order valence-electron chi connectivity index (χ0n) is 17.6. The van der Waals surface area contributed by atoms with Gasteiger partial charge >= 0.3 is 0 Å². The van der Waals surface area contributed by atoms with Crippen molar-refractivity contribution in [2.75, 3.05) is 23.7 Å². The van der Waals surface area contributed by atoms with E-state index >= 15 is 0 Å². The predicted molar refractivity (Wildman–Crippen MR) is 116 cm³/mol.